The van der Waals surface area contributed by atoms with Crippen molar-refractivity contribution in [1.29, 1.82) is 0 Å². The van der Waals surface area contributed by atoms with E-state index < -0.39 is 0 Å². The van der Waals surface area contributed by atoms with Gasteiger partial charge in [0.15, 0.2) is 0 Å². The number of aryl methyl sites for hydroxylation is 1. The van der Waals surface area contributed by atoms with Crippen LogP contribution in [0.4, 0.5) is 0 Å². The topological polar surface area (TPSA) is 55.2 Å². The van der Waals surface area contributed by atoms with E-state index in [-0.39, 0.29) is 23.9 Å². The molecule has 31 heavy (non-hydrogen) atoms. The lowest BCUT2D eigenvalue weighted by Crippen LogP contribution is -2.42. The van der Waals surface area contributed by atoms with E-state index in [2.05, 4.69) is 29.4 Å². The first kappa shape index (κ1) is 19.2. The van der Waals surface area contributed by atoms with E-state index >= 15 is 0 Å². The number of carbonyl (C=O) groups excluding carboxylic acids is 1. The van der Waals surface area contributed by atoms with Crippen molar-refractivity contribution in [3.8, 4) is 0 Å². The molecule has 0 unspecified atom stereocenters. The summed E-state index contributed by atoms with van der Waals surface area (Å²) in [6.45, 7) is 2.93. The Labute approximate surface area is 180 Å². The van der Waals surface area contributed by atoms with Gasteiger partial charge >= 0.3 is 0 Å². The van der Waals surface area contributed by atoms with Gasteiger partial charge in [0.25, 0.3) is 5.56 Å². The molecule has 0 spiro atoms. The van der Waals surface area contributed by atoms with Gasteiger partial charge in [-0.2, -0.15) is 5.10 Å². The highest BCUT2D eigenvalue weighted by atomic mass is 16.2. The Balaban J connectivity index is 1.47. The van der Waals surface area contributed by atoms with Crippen molar-refractivity contribution >= 4 is 16.7 Å². The molecule has 0 radical (unpaired) electrons. The lowest BCUT2D eigenvalue weighted by Gasteiger charge is -2.35. The second-order valence-electron chi connectivity index (χ2n) is 8.03. The average molecular weight is 409 g/mol. The summed E-state index contributed by atoms with van der Waals surface area (Å²) in [5.41, 5.74) is 4.10. The van der Waals surface area contributed by atoms with Crippen LogP contribution in [0.3, 0.4) is 0 Å². The highest BCUT2D eigenvalue weighted by Gasteiger charge is 2.29. The third-order valence-corrected chi connectivity index (χ3v) is 6.09. The molecule has 0 saturated heterocycles. The van der Waals surface area contributed by atoms with Gasteiger partial charge in [-0.25, -0.2) is 4.68 Å². The SMILES string of the molecule is Cc1nn(CC(=O)N2Cc3ccccc3[C@H](c3ccccc3)C2)c(=O)c2ccccc12. The van der Waals surface area contributed by atoms with Crippen LogP contribution in [-0.4, -0.2) is 27.1 Å². The van der Waals surface area contributed by atoms with Crippen LogP contribution in [0.25, 0.3) is 10.8 Å². The van der Waals surface area contributed by atoms with E-state index in [9.17, 15) is 9.59 Å². The zero-order chi connectivity index (χ0) is 21.4. The zero-order valence-electron chi connectivity index (χ0n) is 17.4. The smallest absolute Gasteiger partial charge is 0.275 e. The monoisotopic (exact) mass is 409 g/mol. The molecular weight excluding hydrogens is 386 g/mol. The number of nitrogens with zero attached hydrogens (tertiary/aromatic N) is 3. The third kappa shape index (κ3) is 3.52. The van der Waals surface area contributed by atoms with Crippen LogP contribution >= 0.6 is 0 Å². The summed E-state index contributed by atoms with van der Waals surface area (Å²) in [6, 6.07) is 25.9. The summed E-state index contributed by atoms with van der Waals surface area (Å²) < 4.78 is 1.30. The molecule has 0 aliphatic carbocycles. The Bertz CT molecular complexity index is 1330. The highest BCUT2D eigenvalue weighted by Crippen LogP contribution is 2.33. The second kappa shape index (κ2) is 7.84. The van der Waals surface area contributed by atoms with Gasteiger partial charge in [0.2, 0.25) is 5.91 Å². The van der Waals surface area contributed by atoms with Crippen molar-refractivity contribution in [3.05, 3.63) is 112 Å². The molecule has 5 heteroatoms. The molecule has 1 aliphatic rings. The van der Waals surface area contributed by atoms with Gasteiger partial charge < -0.3 is 4.90 Å². The first-order chi connectivity index (χ1) is 15.1. The maximum Gasteiger partial charge on any atom is 0.275 e. The van der Waals surface area contributed by atoms with Gasteiger partial charge in [0.05, 0.1) is 11.1 Å². The van der Waals surface area contributed by atoms with Crippen LogP contribution in [0.1, 0.15) is 28.3 Å². The molecule has 1 aliphatic heterocycles. The van der Waals surface area contributed by atoms with Crippen molar-refractivity contribution in [1.82, 2.24) is 14.7 Å². The molecule has 2 heterocycles. The Hall–Kier alpha value is -3.73. The average Bonchev–Trinajstić information content (AvgIpc) is 2.82. The minimum absolute atomic E-state index is 0.0613. The van der Waals surface area contributed by atoms with E-state index in [0.717, 1.165) is 16.6 Å². The number of aromatic nitrogens is 2. The number of rotatable bonds is 3. The molecule has 5 nitrogen and oxygen atoms in total. The maximum atomic E-state index is 13.3. The van der Waals surface area contributed by atoms with Crippen molar-refractivity contribution < 1.29 is 4.79 Å². The summed E-state index contributed by atoms with van der Waals surface area (Å²) in [7, 11) is 0. The van der Waals surface area contributed by atoms with Crippen LogP contribution in [-0.2, 0) is 17.9 Å². The number of amides is 1. The predicted octanol–water partition coefficient (Wildman–Crippen LogP) is 3.88. The first-order valence-corrected chi connectivity index (χ1v) is 10.5. The number of hydrogen-bond acceptors (Lipinski definition) is 3. The van der Waals surface area contributed by atoms with Gasteiger partial charge in [0.1, 0.15) is 6.54 Å². The first-order valence-electron chi connectivity index (χ1n) is 10.5. The second-order valence-corrected chi connectivity index (χ2v) is 8.03. The predicted molar refractivity (Wildman–Crippen MR) is 121 cm³/mol. The van der Waals surface area contributed by atoms with E-state index in [4.69, 9.17) is 0 Å². The Kier molecular flexibility index (Phi) is 4.86. The number of benzene rings is 3. The van der Waals surface area contributed by atoms with Crippen molar-refractivity contribution in [2.45, 2.75) is 25.9 Å². The molecule has 154 valence electrons. The van der Waals surface area contributed by atoms with Gasteiger partial charge in [-0.15, -0.1) is 0 Å². The van der Waals surface area contributed by atoms with Crippen molar-refractivity contribution in [2.75, 3.05) is 6.54 Å². The van der Waals surface area contributed by atoms with Crippen LogP contribution in [0.2, 0.25) is 0 Å². The molecule has 0 N–H and O–H groups in total. The van der Waals surface area contributed by atoms with E-state index in [0.29, 0.717) is 18.5 Å². The fourth-order valence-electron chi connectivity index (χ4n) is 4.51. The number of fused-ring (bicyclic) bond motifs is 2. The standard InChI is InChI=1S/C26H23N3O2/c1-18-21-12-7-8-14-23(21)26(31)29(27-18)17-25(30)28-15-20-11-5-6-13-22(20)24(16-28)19-9-3-2-4-10-19/h2-14,24H,15-17H2,1H3/t24-/m0/s1. The van der Waals surface area contributed by atoms with Crippen LogP contribution in [0, 0.1) is 6.92 Å². The summed E-state index contributed by atoms with van der Waals surface area (Å²) in [5, 5.41) is 5.83. The van der Waals surface area contributed by atoms with Crippen molar-refractivity contribution in [3.63, 3.8) is 0 Å². The highest BCUT2D eigenvalue weighted by molar-refractivity contribution is 5.83. The minimum Gasteiger partial charge on any atom is -0.336 e. The molecule has 3 aromatic carbocycles. The normalized spacial score (nSPS) is 15.6. The number of carbonyl (C=O) groups is 1. The number of hydrogen-bond donors (Lipinski definition) is 0. The van der Waals surface area contributed by atoms with Crippen LogP contribution in [0.5, 0.6) is 0 Å². The molecule has 1 amide bonds. The lowest BCUT2D eigenvalue weighted by atomic mass is 9.84. The Morgan fingerprint density at radius 2 is 1.61 bits per heavy atom. The lowest BCUT2D eigenvalue weighted by molar-refractivity contribution is -0.133. The van der Waals surface area contributed by atoms with Crippen molar-refractivity contribution in [2.24, 2.45) is 0 Å². The molecule has 1 aromatic heterocycles. The Morgan fingerprint density at radius 1 is 0.935 bits per heavy atom. The summed E-state index contributed by atoms with van der Waals surface area (Å²) in [4.78, 5) is 28.0. The van der Waals surface area contributed by atoms with Gasteiger partial charge in [0, 0.05) is 24.4 Å². The molecule has 0 saturated carbocycles. The largest absolute Gasteiger partial charge is 0.336 e. The Morgan fingerprint density at radius 3 is 2.42 bits per heavy atom. The van der Waals surface area contributed by atoms with E-state index in [1.807, 2.05) is 60.4 Å². The third-order valence-electron chi connectivity index (χ3n) is 6.09. The van der Waals surface area contributed by atoms with E-state index in [1.54, 1.807) is 6.07 Å². The summed E-state index contributed by atoms with van der Waals surface area (Å²) in [6.07, 6.45) is 0. The van der Waals surface area contributed by atoms with E-state index in [1.165, 1.54) is 15.8 Å². The molecule has 4 aromatic rings. The maximum absolute atomic E-state index is 13.3. The molecule has 0 bridgehead atoms. The quantitative estimate of drug-likeness (QED) is 0.516. The fraction of sp³-hybridized carbons (Fsp3) is 0.192. The molecular formula is C26H23N3O2. The van der Waals surface area contributed by atoms with Gasteiger partial charge in [-0.1, -0.05) is 72.8 Å². The van der Waals surface area contributed by atoms with Gasteiger partial charge in [-0.05, 0) is 29.7 Å². The molecule has 1 atom stereocenters. The van der Waals surface area contributed by atoms with Crippen LogP contribution in [0.15, 0.2) is 83.7 Å². The zero-order valence-corrected chi connectivity index (χ0v) is 17.4. The molecule has 5 rings (SSSR count). The summed E-state index contributed by atoms with van der Waals surface area (Å²) in [5.74, 6) is 0.0119. The summed E-state index contributed by atoms with van der Waals surface area (Å²) >= 11 is 0. The van der Waals surface area contributed by atoms with Gasteiger partial charge in [-0.3, -0.25) is 9.59 Å². The fourth-order valence-corrected chi connectivity index (χ4v) is 4.51. The van der Waals surface area contributed by atoms with Crippen LogP contribution < -0.4 is 5.56 Å². The molecule has 0 fully saturated rings. The minimum atomic E-state index is -0.230.